The first kappa shape index (κ1) is 22.1. The molecule has 1 fully saturated rings. The third-order valence-electron chi connectivity index (χ3n) is 5.17. The molecule has 0 unspecified atom stereocenters. The van der Waals surface area contributed by atoms with Gasteiger partial charge in [0, 0.05) is 35.6 Å². The van der Waals surface area contributed by atoms with E-state index in [0.29, 0.717) is 48.1 Å². The molecule has 29 heavy (non-hydrogen) atoms. The molecule has 0 spiro atoms. The number of hydrogen-bond acceptors (Lipinski definition) is 2. The summed E-state index contributed by atoms with van der Waals surface area (Å²) in [4.78, 5) is 26.8. The normalized spacial score (nSPS) is 14.7. The van der Waals surface area contributed by atoms with Crippen LogP contribution in [0, 0.1) is 5.92 Å². The number of aryl methyl sites for hydroxylation is 1. The van der Waals surface area contributed by atoms with E-state index in [9.17, 15) is 9.59 Å². The second-order valence-electron chi connectivity index (χ2n) is 7.22. The summed E-state index contributed by atoms with van der Waals surface area (Å²) in [7, 11) is 0. The molecule has 0 aliphatic carbocycles. The Morgan fingerprint density at radius 3 is 2.38 bits per heavy atom. The second kappa shape index (κ2) is 10.5. The maximum absolute atomic E-state index is 12.6. The van der Waals surface area contributed by atoms with E-state index in [0.717, 1.165) is 22.9 Å². The van der Waals surface area contributed by atoms with E-state index in [-0.39, 0.29) is 17.7 Å². The van der Waals surface area contributed by atoms with Crippen LogP contribution in [0.3, 0.4) is 0 Å². The highest BCUT2D eigenvalue weighted by Gasteiger charge is 2.27. The number of piperidine rings is 1. The van der Waals surface area contributed by atoms with Crippen LogP contribution >= 0.6 is 39.1 Å². The Morgan fingerprint density at radius 1 is 1.03 bits per heavy atom. The summed E-state index contributed by atoms with van der Waals surface area (Å²) in [6.07, 6.45) is 3.06. The van der Waals surface area contributed by atoms with E-state index in [2.05, 4.69) is 21.2 Å². The largest absolute Gasteiger partial charge is 0.356 e. The van der Waals surface area contributed by atoms with Crippen LogP contribution < -0.4 is 5.32 Å². The maximum atomic E-state index is 12.6. The number of nitrogens with zero attached hydrogens (tertiary/aromatic N) is 1. The maximum Gasteiger partial charge on any atom is 0.253 e. The number of rotatable bonds is 6. The molecule has 0 radical (unpaired) electrons. The van der Waals surface area contributed by atoms with Crippen LogP contribution in [-0.4, -0.2) is 36.3 Å². The molecule has 0 bridgehead atoms. The summed E-state index contributed by atoms with van der Waals surface area (Å²) in [5, 5.41) is 4.13. The first-order valence-corrected chi connectivity index (χ1v) is 11.3. The average Bonchev–Trinajstić information content (AvgIpc) is 2.73. The average molecular weight is 498 g/mol. The topological polar surface area (TPSA) is 49.4 Å². The Labute approximate surface area is 189 Å². The van der Waals surface area contributed by atoms with Gasteiger partial charge in [-0.15, -0.1) is 0 Å². The van der Waals surface area contributed by atoms with Crippen LogP contribution in [0.5, 0.6) is 0 Å². The molecular weight excluding hydrogens is 475 g/mol. The molecule has 3 rings (SSSR count). The Hall–Kier alpha value is -1.56. The lowest BCUT2D eigenvalue weighted by Gasteiger charge is -2.31. The van der Waals surface area contributed by atoms with Crippen molar-refractivity contribution in [3.8, 4) is 0 Å². The summed E-state index contributed by atoms with van der Waals surface area (Å²) in [5.74, 6) is 0.0711. The Bertz CT molecular complexity index is 866. The van der Waals surface area contributed by atoms with Crippen molar-refractivity contribution in [2.75, 3.05) is 19.6 Å². The zero-order chi connectivity index (χ0) is 20.8. The van der Waals surface area contributed by atoms with Gasteiger partial charge in [-0.3, -0.25) is 9.59 Å². The SMILES string of the molecule is O=C(NCCCc1ccc(Cl)c(Cl)c1)C1CCN(C(=O)c2ccc(Br)cc2)CC1. The van der Waals surface area contributed by atoms with Gasteiger partial charge >= 0.3 is 0 Å². The molecule has 2 amide bonds. The predicted molar refractivity (Wildman–Crippen MR) is 121 cm³/mol. The van der Waals surface area contributed by atoms with Gasteiger partial charge in [0.2, 0.25) is 5.91 Å². The molecule has 2 aromatic carbocycles. The van der Waals surface area contributed by atoms with Gasteiger partial charge in [-0.25, -0.2) is 0 Å². The molecule has 1 saturated heterocycles. The summed E-state index contributed by atoms with van der Waals surface area (Å²) < 4.78 is 0.948. The van der Waals surface area contributed by atoms with Gasteiger partial charge in [-0.05, 0) is 67.6 Å². The Kier molecular flexibility index (Phi) is 7.99. The highest BCUT2D eigenvalue weighted by Crippen LogP contribution is 2.23. The van der Waals surface area contributed by atoms with Crippen molar-refractivity contribution in [2.45, 2.75) is 25.7 Å². The lowest BCUT2D eigenvalue weighted by molar-refractivity contribution is -0.126. The smallest absolute Gasteiger partial charge is 0.253 e. The van der Waals surface area contributed by atoms with Gasteiger partial charge in [-0.2, -0.15) is 0 Å². The molecule has 0 saturated carbocycles. The number of nitrogens with one attached hydrogen (secondary N) is 1. The first-order valence-electron chi connectivity index (χ1n) is 9.70. The van der Waals surface area contributed by atoms with E-state index in [4.69, 9.17) is 23.2 Å². The fraction of sp³-hybridized carbons (Fsp3) is 0.364. The van der Waals surface area contributed by atoms with Crippen molar-refractivity contribution in [3.05, 3.63) is 68.1 Å². The number of hydrogen-bond donors (Lipinski definition) is 1. The van der Waals surface area contributed by atoms with E-state index in [1.807, 2.05) is 41.3 Å². The Morgan fingerprint density at radius 2 is 1.72 bits per heavy atom. The summed E-state index contributed by atoms with van der Waals surface area (Å²) >= 11 is 15.3. The lowest BCUT2D eigenvalue weighted by atomic mass is 9.95. The van der Waals surface area contributed by atoms with E-state index in [1.54, 1.807) is 6.07 Å². The first-order chi connectivity index (χ1) is 13.9. The molecule has 1 heterocycles. The lowest BCUT2D eigenvalue weighted by Crippen LogP contribution is -2.43. The van der Waals surface area contributed by atoms with E-state index < -0.39 is 0 Å². The number of halogens is 3. The monoisotopic (exact) mass is 496 g/mol. The highest BCUT2D eigenvalue weighted by atomic mass is 79.9. The van der Waals surface area contributed by atoms with E-state index >= 15 is 0 Å². The van der Waals surface area contributed by atoms with Crippen molar-refractivity contribution >= 4 is 50.9 Å². The number of likely N-dealkylation sites (tertiary alicyclic amines) is 1. The van der Waals surface area contributed by atoms with Crippen molar-refractivity contribution in [3.63, 3.8) is 0 Å². The molecule has 4 nitrogen and oxygen atoms in total. The quantitative estimate of drug-likeness (QED) is 0.546. The molecule has 154 valence electrons. The standard InChI is InChI=1S/C22H23BrCl2N2O2/c23-18-6-4-17(5-7-18)22(29)27-12-9-16(10-13-27)21(28)26-11-1-2-15-3-8-19(24)20(25)14-15/h3-8,14,16H,1-2,9-13H2,(H,26,28). The molecule has 0 aromatic heterocycles. The fourth-order valence-electron chi connectivity index (χ4n) is 3.46. The highest BCUT2D eigenvalue weighted by molar-refractivity contribution is 9.10. The number of carbonyl (C=O) groups is 2. The van der Waals surface area contributed by atoms with Crippen LogP contribution in [0.1, 0.15) is 35.2 Å². The Balaban J connectivity index is 1.39. The summed E-state index contributed by atoms with van der Waals surface area (Å²) in [6, 6.07) is 13.0. The third kappa shape index (κ3) is 6.21. The van der Waals surface area contributed by atoms with Crippen LogP contribution in [0.2, 0.25) is 10.0 Å². The van der Waals surface area contributed by atoms with Gasteiger partial charge in [0.05, 0.1) is 10.0 Å². The minimum atomic E-state index is -0.0334. The van der Waals surface area contributed by atoms with Gasteiger partial charge in [0.25, 0.3) is 5.91 Å². The molecule has 0 atom stereocenters. The number of carbonyl (C=O) groups excluding carboxylic acids is 2. The minimum Gasteiger partial charge on any atom is -0.356 e. The second-order valence-corrected chi connectivity index (χ2v) is 8.95. The zero-order valence-corrected chi connectivity index (χ0v) is 19.1. The molecule has 1 aliphatic heterocycles. The van der Waals surface area contributed by atoms with Crippen molar-refractivity contribution < 1.29 is 9.59 Å². The van der Waals surface area contributed by atoms with Gasteiger partial charge in [0.15, 0.2) is 0 Å². The fourth-order valence-corrected chi connectivity index (χ4v) is 4.05. The van der Waals surface area contributed by atoms with Crippen LogP contribution in [0.15, 0.2) is 46.9 Å². The van der Waals surface area contributed by atoms with Crippen LogP contribution in [0.4, 0.5) is 0 Å². The molecule has 1 N–H and O–H groups in total. The summed E-state index contributed by atoms with van der Waals surface area (Å²) in [5.41, 5.74) is 1.78. The van der Waals surface area contributed by atoms with Crippen molar-refractivity contribution in [1.82, 2.24) is 10.2 Å². The van der Waals surface area contributed by atoms with Gasteiger partial charge in [-0.1, -0.05) is 45.2 Å². The molecule has 2 aromatic rings. The zero-order valence-electron chi connectivity index (χ0n) is 16.0. The predicted octanol–water partition coefficient (Wildman–Crippen LogP) is 5.36. The molecule has 7 heteroatoms. The van der Waals surface area contributed by atoms with Gasteiger partial charge < -0.3 is 10.2 Å². The minimum absolute atomic E-state index is 0.0259. The molecular formula is C22H23BrCl2N2O2. The van der Waals surface area contributed by atoms with Crippen LogP contribution in [-0.2, 0) is 11.2 Å². The van der Waals surface area contributed by atoms with Gasteiger partial charge in [0.1, 0.15) is 0 Å². The number of benzene rings is 2. The van der Waals surface area contributed by atoms with E-state index in [1.165, 1.54) is 0 Å². The summed E-state index contributed by atoms with van der Waals surface area (Å²) in [6.45, 7) is 1.84. The van der Waals surface area contributed by atoms with Crippen molar-refractivity contribution in [1.29, 1.82) is 0 Å². The van der Waals surface area contributed by atoms with Crippen LogP contribution in [0.25, 0.3) is 0 Å². The van der Waals surface area contributed by atoms with Crippen molar-refractivity contribution in [2.24, 2.45) is 5.92 Å². The molecule has 1 aliphatic rings. The third-order valence-corrected chi connectivity index (χ3v) is 6.44. The number of amides is 2.